The van der Waals surface area contributed by atoms with Crippen LogP contribution in [-0.2, 0) is 4.79 Å². The Labute approximate surface area is 175 Å². The predicted molar refractivity (Wildman–Crippen MR) is 120 cm³/mol. The SMILES string of the molecule is C=CC(=O)Oc1ccc(-c2ccc(OCCCCCC/C=C/CCC)cc2)cc1. The summed E-state index contributed by atoms with van der Waals surface area (Å²) in [5.74, 6) is 0.950. The molecule has 3 nitrogen and oxygen atoms in total. The molecule has 0 unspecified atom stereocenters. The van der Waals surface area contributed by atoms with E-state index in [1.54, 1.807) is 12.1 Å². The minimum Gasteiger partial charge on any atom is -0.494 e. The zero-order valence-corrected chi connectivity index (χ0v) is 17.4. The standard InChI is InChI=1S/C26H32O3/c1-3-5-6-7-8-9-10-11-12-21-28-24-17-13-22(14-18-24)23-15-19-25(20-16-23)29-26(27)4-2/h4,6-7,13-20H,2-3,5,8-12,21H2,1H3/b7-6+. The molecule has 0 aromatic heterocycles. The molecule has 154 valence electrons. The summed E-state index contributed by atoms with van der Waals surface area (Å²) in [4.78, 5) is 11.2. The van der Waals surface area contributed by atoms with E-state index in [1.165, 1.54) is 38.5 Å². The van der Waals surface area contributed by atoms with Gasteiger partial charge in [0.05, 0.1) is 6.61 Å². The number of hydrogen-bond acceptors (Lipinski definition) is 3. The van der Waals surface area contributed by atoms with E-state index in [1.807, 2.05) is 36.4 Å². The van der Waals surface area contributed by atoms with E-state index in [-0.39, 0.29) is 0 Å². The molecule has 0 radical (unpaired) electrons. The zero-order valence-electron chi connectivity index (χ0n) is 17.4. The van der Waals surface area contributed by atoms with E-state index in [4.69, 9.17) is 9.47 Å². The van der Waals surface area contributed by atoms with Crippen molar-refractivity contribution in [3.05, 3.63) is 73.3 Å². The summed E-state index contributed by atoms with van der Waals surface area (Å²) >= 11 is 0. The van der Waals surface area contributed by atoms with Crippen molar-refractivity contribution in [3.8, 4) is 22.6 Å². The lowest BCUT2D eigenvalue weighted by molar-refractivity contribution is -0.128. The number of carbonyl (C=O) groups is 1. The number of benzene rings is 2. The van der Waals surface area contributed by atoms with Gasteiger partial charge in [-0.25, -0.2) is 4.79 Å². The third kappa shape index (κ3) is 8.82. The van der Waals surface area contributed by atoms with Crippen LogP contribution in [0.2, 0.25) is 0 Å². The summed E-state index contributed by atoms with van der Waals surface area (Å²) in [6.07, 6.45) is 14.2. The number of esters is 1. The minimum atomic E-state index is -0.455. The van der Waals surface area contributed by atoms with E-state index in [9.17, 15) is 4.79 Å². The smallest absolute Gasteiger partial charge is 0.335 e. The first-order chi connectivity index (χ1) is 14.2. The first-order valence-corrected chi connectivity index (χ1v) is 10.6. The van der Waals surface area contributed by atoms with E-state index in [0.29, 0.717) is 5.75 Å². The highest BCUT2D eigenvalue weighted by Crippen LogP contribution is 2.25. The number of rotatable bonds is 13. The van der Waals surface area contributed by atoms with Gasteiger partial charge in [0, 0.05) is 6.08 Å². The van der Waals surface area contributed by atoms with Crippen LogP contribution in [0, 0.1) is 0 Å². The van der Waals surface area contributed by atoms with E-state index < -0.39 is 5.97 Å². The van der Waals surface area contributed by atoms with Crippen LogP contribution in [0.1, 0.15) is 51.9 Å². The van der Waals surface area contributed by atoms with Gasteiger partial charge >= 0.3 is 5.97 Å². The monoisotopic (exact) mass is 392 g/mol. The molecule has 2 aromatic rings. The average Bonchev–Trinajstić information content (AvgIpc) is 2.76. The number of unbranched alkanes of at least 4 members (excludes halogenated alkanes) is 5. The average molecular weight is 393 g/mol. The Morgan fingerprint density at radius 1 is 0.828 bits per heavy atom. The molecule has 0 amide bonds. The van der Waals surface area contributed by atoms with Crippen LogP contribution >= 0.6 is 0 Å². The fourth-order valence-corrected chi connectivity index (χ4v) is 2.93. The molecule has 0 atom stereocenters. The van der Waals surface area contributed by atoms with Crippen LogP contribution in [0.15, 0.2) is 73.3 Å². The van der Waals surface area contributed by atoms with Crippen molar-refractivity contribution in [1.29, 1.82) is 0 Å². The maximum absolute atomic E-state index is 11.2. The molecule has 0 spiro atoms. The summed E-state index contributed by atoms with van der Waals surface area (Å²) in [6, 6.07) is 15.5. The van der Waals surface area contributed by atoms with Gasteiger partial charge in [-0.1, -0.05) is 69.2 Å². The minimum absolute atomic E-state index is 0.455. The van der Waals surface area contributed by atoms with Gasteiger partial charge in [-0.3, -0.25) is 0 Å². The van der Waals surface area contributed by atoms with Crippen molar-refractivity contribution in [1.82, 2.24) is 0 Å². The highest BCUT2D eigenvalue weighted by Gasteiger charge is 2.02. The maximum atomic E-state index is 11.2. The second-order valence-electron chi connectivity index (χ2n) is 6.99. The number of carbonyl (C=O) groups excluding carboxylic acids is 1. The molecular formula is C26H32O3. The summed E-state index contributed by atoms with van der Waals surface area (Å²) in [6.45, 7) is 6.36. The lowest BCUT2D eigenvalue weighted by atomic mass is 10.1. The number of allylic oxidation sites excluding steroid dienone is 2. The molecule has 0 bridgehead atoms. The highest BCUT2D eigenvalue weighted by atomic mass is 16.5. The highest BCUT2D eigenvalue weighted by molar-refractivity contribution is 5.83. The van der Waals surface area contributed by atoms with Crippen LogP contribution in [0.25, 0.3) is 11.1 Å². The van der Waals surface area contributed by atoms with Crippen molar-refractivity contribution in [3.63, 3.8) is 0 Å². The van der Waals surface area contributed by atoms with Gasteiger partial charge in [-0.15, -0.1) is 0 Å². The van der Waals surface area contributed by atoms with Gasteiger partial charge in [0.25, 0.3) is 0 Å². The van der Waals surface area contributed by atoms with Crippen molar-refractivity contribution in [2.45, 2.75) is 51.9 Å². The molecule has 0 N–H and O–H groups in total. The molecule has 2 aromatic carbocycles. The second kappa shape index (κ2) is 13.4. The fourth-order valence-electron chi connectivity index (χ4n) is 2.93. The van der Waals surface area contributed by atoms with E-state index in [2.05, 4.69) is 25.7 Å². The first kappa shape index (κ1) is 22.5. The third-order valence-electron chi connectivity index (χ3n) is 4.58. The summed E-state index contributed by atoms with van der Waals surface area (Å²) in [5, 5.41) is 0. The van der Waals surface area contributed by atoms with Gasteiger partial charge < -0.3 is 9.47 Å². The molecule has 3 heteroatoms. The molecular weight excluding hydrogens is 360 g/mol. The lowest BCUT2D eigenvalue weighted by Crippen LogP contribution is -2.02. The third-order valence-corrected chi connectivity index (χ3v) is 4.58. The largest absolute Gasteiger partial charge is 0.494 e. The quantitative estimate of drug-likeness (QED) is 0.120. The Morgan fingerprint density at radius 2 is 1.41 bits per heavy atom. The van der Waals surface area contributed by atoms with Crippen LogP contribution in [0.4, 0.5) is 0 Å². The van der Waals surface area contributed by atoms with Gasteiger partial charge in [0.1, 0.15) is 11.5 Å². The molecule has 29 heavy (non-hydrogen) atoms. The predicted octanol–water partition coefficient (Wildman–Crippen LogP) is 7.13. The summed E-state index contributed by atoms with van der Waals surface area (Å²) in [5.41, 5.74) is 2.15. The Kier molecular flexibility index (Phi) is 10.4. The Balaban J connectivity index is 1.68. The molecule has 0 aliphatic heterocycles. The zero-order chi connectivity index (χ0) is 20.7. The summed E-state index contributed by atoms with van der Waals surface area (Å²) < 4.78 is 10.9. The second-order valence-corrected chi connectivity index (χ2v) is 6.99. The normalized spacial score (nSPS) is 10.8. The topological polar surface area (TPSA) is 35.5 Å². The molecule has 0 saturated heterocycles. The lowest BCUT2D eigenvalue weighted by Gasteiger charge is -2.08. The van der Waals surface area contributed by atoms with Gasteiger partial charge in [0.15, 0.2) is 0 Å². The molecule has 0 heterocycles. The maximum Gasteiger partial charge on any atom is 0.335 e. The van der Waals surface area contributed by atoms with Crippen molar-refractivity contribution in [2.75, 3.05) is 6.61 Å². The molecule has 0 aliphatic carbocycles. The summed E-state index contributed by atoms with van der Waals surface area (Å²) in [7, 11) is 0. The first-order valence-electron chi connectivity index (χ1n) is 10.6. The van der Waals surface area contributed by atoms with E-state index in [0.717, 1.165) is 36.0 Å². The molecule has 2 rings (SSSR count). The fraction of sp³-hybridized carbons (Fsp3) is 0.346. The van der Waals surface area contributed by atoms with Crippen molar-refractivity contribution < 1.29 is 14.3 Å². The number of ether oxygens (including phenoxy) is 2. The Hall–Kier alpha value is -2.81. The van der Waals surface area contributed by atoms with Crippen molar-refractivity contribution in [2.24, 2.45) is 0 Å². The number of hydrogen-bond donors (Lipinski definition) is 0. The van der Waals surface area contributed by atoms with Crippen LogP contribution in [-0.4, -0.2) is 12.6 Å². The van der Waals surface area contributed by atoms with Crippen LogP contribution in [0.3, 0.4) is 0 Å². The van der Waals surface area contributed by atoms with Crippen LogP contribution in [0.5, 0.6) is 11.5 Å². The van der Waals surface area contributed by atoms with Gasteiger partial charge in [-0.05, 0) is 61.1 Å². The molecule has 0 saturated carbocycles. The molecule has 0 aliphatic rings. The van der Waals surface area contributed by atoms with Crippen molar-refractivity contribution >= 4 is 5.97 Å². The molecule has 0 fully saturated rings. The van der Waals surface area contributed by atoms with Gasteiger partial charge in [0.2, 0.25) is 0 Å². The van der Waals surface area contributed by atoms with E-state index >= 15 is 0 Å². The Morgan fingerprint density at radius 3 is 2.03 bits per heavy atom. The Bertz CT molecular complexity index is 758. The van der Waals surface area contributed by atoms with Crippen LogP contribution < -0.4 is 9.47 Å². The van der Waals surface area contributed by atoms with Gasteiger partial charge in [-0.2, -0.15) is 0 Å².